The summed E-state index contributed by atoms with van der Waals surface area (Å²) in [6.07, 6.45) is 4.55. The number of anilines is 1. The van der Waals surface area contributed by atoms with Gasteiger partial charge >= 0.3 is 0 Å². The van der Waals surface area contributed by atoms with Crippen molar-refractivity contribution in [2.24, 2.45) is 0 Å². The van der Waals surface area contributed by atoms with Crippen LogP contribution in [-0.4, -0.2) is 54.1 Å². The van der Waals surface area contributed by atoms with Crippen LogP contribution in [-0.2, 0) is 17.1 Å². The molecule has 2 saturated heterocycles. The molecule has 0 atom stereocenters. The van der Waals surface area contributed by atoms with Crippen molar-refractivity contribution in [3.63, 3.8) is 0 Å². The number of rotatable bonds is 7. The van der Waals surface area contributed by atoms with Gasteiger partial charge in [0, 0.05) is 39.4 Å². The van der Waals surface area contributed by atoms with Crippen LogP contribution >= 0.6 is 11.8 Å². The highest BCUT2D eigenvalue weighted by molar-refractivity contribution is 7.98. The molecule has 0 bridgehead atoms. The number of nitrogens with zero attached hydrogens (tertiary/aromatic N) is 4. The Morgan fingerprint density at radius 1 is 1.14 bits per heavy atom. The molecular formula is C20H26N4O3S. The Labute approximate surface area is 169 Å². The predicted octanol–water partition coefficient (Wildman–Crippen LogP) is 3.34. The maximum atomic E-state index is 12.4. The van der Waals surface area contributed by atoms with Crippen LogP contribution < -0.4 is 4.90 Å². The Bertz CT molecular complexity index is 814. The minimum Gasteiger partial charge on any atom is -0.455 e. The van der Waals surface area contributed by atoms with E-state index in [9.17, 15) is 4.79 Å². The lowest BCUT2D eigenvalue weighted by atomic mass is 10.4. The summed E-state index contributed by atoms with van der Waals surface area (Å²) >= 11 is 1.52. The number of hydrogen-bond acceptors (Lipinski definition) is 7. The van der Waals surface area contributed by atoms with Gasteiger partial charge in [0.2, 0.25) is 0 Å². The number of ether oxygens (including phenoxy) is 1. The molecular weight excluding hydrogens is 376 g/mol. The minimum absolute atomic E-state index is 0.0107. The van der Waals surface area contributed by atoms with Gasteiger partial charge in [-0.3, -0.25) is 4.79 Å². The molecule has 0 saturated carbocycles. The summed E-state index contributed by atoms with van der Waals surface area (Å²) in [6.45, 7) is 4.18. The Morgan fingerprint density at radius 2 is 1.89 bits per heavy atom. The van der Waals surface area contributed by atoms with Crippen molar-refractivity contribution < 1.29 is 13.9 Å². The van der Waals surface area contributed by atoms with Gasteiger partial charge < -0.3 is 19.0 Å². The number of amides is 1. The van der Waals surface area contributed by atoms with Crippen molar-refractivity contribution in [1.29, 1.82) is 0 Å². The molecule has 8 heteroatoms. The van der Waals surface area contributed by atoms with Gasteiger partial charge in [0.1, 0.15) is 11.6 Å². The zero-order chi connectivity index (χ0) is 19.3. The second kappa shape index (κ2) is 8.96. The molecule has 0 aromatic carbocycles. The van der Waals surface area contributed by atoms with Crippen molar-refractivity contribution >= 4 is 23.5 Å². The van der Waals surface area contributed by atoms with Crippen molar-refractivity contribution in [2.75, 3.05) is 38.2 Å². The number of hydrogen-bond donors (Lipinski definition) is 0. The molecule has 0 unspecified atom stereocenters. The first kappa shape index (κ1) is 19.3. The van der Waals surface area contributed by atoms with E-state index in [1.807, 2.05) is 17.0 Å². The van der Waals surface area contributed by atoms with Crippen LogP contribution in [0.1, 0.15) is 47.7 Å². The number of carbonyl (C=O) groups is 1. The van der Waals surface area contributed by atoms with Gasteiger partial charge in [0.05, 0.1) is 18.1 Å². The molecule has 2 aliphatic rings. The summed E-state index contributed by atoms with van der Waals surface area (Å²) in [6, 6.07) is 5.66. The minimum atomic E-state index is -0.0107. The number of likely N-dealkylation sites (tertiary alicyclic amines) is 1. The van der Waals surface area contributed by atoms with Gasteiger partial charge in [-0.1, -0.05) is 11.8 Å². The maximum Gasteiger partial charge on any atom is 0.289 e. The first-order chi connectivity index (χ1) is 13.7. The number of carbonyl (C=O) groups excluding carboxylic acids is 1. The van der Waals surface area contributed by atoms with E-state index in [2.05, 4.69) is 9.88 Å². The standard InChI is InChI=1S/C20H26N4O3S/c1-26-13-15-12-18(23-8-2-3-9-23)22-20(21-15)28-14-16-6-7-17(27-16)19(25)24-10-4-5-11-24/h6-7,12H,2-5,8-11,13-14H2,1H3. The van der Waals surface area contributed by atoms with E-state index >= 15 is 0 Å². The van der Waals surface area contributed by atoms with Crippen LogP contribution in [0.5, 0.6) is 0 Å². The number of thioether (sulfide) groups is 1. The van der Waals surface area contributed by atoms with Gasteiger partial charge in [-0.25, -0.2) is 9.97 Å². The van der Waals surface area contributed by atoms with Gasteiger partial charge in [-0.2, -0.15) is 0 Å². The predicted molar refractivity (Wildman–Crippen MR) is 108 cm³/mol. The fourth-order valence-corrected chi connectivity index (χ4v) is 4.40. The van der Waals surface area contributed by atoms with E-state index < -0.39 is 0 Å². The van der Waals surface area contributed by atoms with Crippen LogP contribution in [0.15, 0.2) is 27.8 Å². The van der Waals surface area contributed by atoms with Crippen LogP contribution in [0.2, 0.25) is 0 Å². The van der Waals surface area contributed by atoms with E-state index in [0.29, 0.717) is 23.3 Å². The van der Waals surface area contributed by atoms with Crippen molar-refractivity contribution in [3.05, 3.63) is 35.4 Å². The second-order valence-corrected chi connectivity index (χ2v) is 8.12. The third-order valence-electron chi connectivity index (χ3n) is 5.08. The molecule has 0 radical (unpaired) electrons. The largest absolute Gasteiger partial charge is 0.455 e. The molecule has 150 valence electrons. The third kappa shape index (κ3) is 4.50. The molecule has 0 aliphatic carbocycles. The molecule has 28 heavy (non-hydrogen) atoms. The van der Waals surface area contributed by atoms with Gasteiger partial charge in [-0.05, 0) is 37.8 Å². The molecule has 0 N–H and O–H groups in total. The normalized spacial score (nSPS) is 16.9. The van der Waals surface area contributed by atoms with Crippen LogP contribution in [0.3, 0.4) is 0 Å². The number of aromatic nitrogens is 2. The second-order valence-electron chi connectivity index (χ2n) is 7.18. The molecule has 0 spiro atoms. The van der Waals surface area contributed by atoms with E-state index in [1.165, 1.54) is 24.6 Å². The lowest BCUT2D eigenvalue weighted by Gasteiger charge is -2.17. The highest BCUT2D eigenvalue weighted by Crippen LogP contribution is 2.26. The molecule has 4 heterocycles. The quantitative estimate of drug-likeness (QED) is 0.519. The van der Waals surface area contributed by atoms with Crippen molar-refractivity contribution in [3.8, 4) is 0 Å². The van der Waals surface area contributed by atoms with E-state index in [0.717, 1.165) is 56.3 Å². The average Bonchev–Trinajstić information content (AvgIpc) is 3.49. The lowest BCUT2D eigenvalue weighted by molar-refractivity contribution is 0.0760. The summed E-state index contributed by atoms with van der Waals surface area (Å²) < 4.78 is 11.0. The van der Waals surface area contributed by atoms with Gasteiger partial charge in [0.25, 0.3) is 5.91 Å². The van der Waals surface area contributed by atoms with Crippen molar-refractivity contribution in [1.82, 2.24) is 14.9 Å². The summed E-state index contributed by atoms with van der Waals surface area (Å²) in [5.74, 6) is 2.72. The highest BCUT2D eigenvalue weighted by Gasteiger charge is 2.22. The van der Waals surface area contributed by atoms with E-state index in [4.69, 9.17) is 14.1 Å². The highest BCUT2D eigenvalue weighted by atomic mass is 32.2. The monoisotopic (exact) mass is 402 g/mol. The van der Waals surface area contributed by atoms with Crippen LogP contribution in [0.25, 0.3) is 0 Å². The van der Waals surface area contributed by atoms with Crippen LogP contribution in [0.4, 0.5) is 5.82 Å². The third-order valence-corrected chi connectivity index (χ3v) is 5.95. The number of methoxy groups -OCH3 is 1. The first-order valence-electron chi connectivity index (χ1n) is 9.85. The van der Waals surface area contributed by atoms with E-state index in [-0.39, 0.29) is 5.91 Å². The Balaban J connectivity index is 1.43. The van der Waals surface area contributed by atoms with Gasteiger partial charge in [0.15, 0.2) is 10.9 Å². The lowest BCUT2D eigenvalue weighted by Crippen LogP contribution is -2.27. The smallest absolute Gasteiger partial charge is 0.289 e. The van der Waals surface area contributed by atoms with Gasteiger partial charge in [-0.15, -0.1) is 0 Å². The van der Waals surface area contributed by atoms with E-state index in [1.54, 1.807) is 13.2 Å². The summed E-state index contributed by atoms with van der Waals surface area (Å²) in [5.41, 5.74) is 0.881. The summed E-state index contributed by atoms with van der Waals surface area (Å²) in [7, 11) is 1.67. The topological polar surface area (TPSA) is 71.7 Å². The fraction of sp³-hybridized carbons (Fsp3) is 0.550. The van der Waals surface area contributed by atoms with Crippen molar-refractivity contribution in [2.45, 2.75) is 43.2 Å². The molecule has 7 nitrogen and oxygen atoms in total. The molecule has 2 fully saturated rings. The molecule has 2 aromatic heterocycles. The first-order valence-corrected chi connectivity index (χ1v) is 10.8. The SMILES string of the molecule is COCc1cc(N2CCCC2)nc(SCc2ccc(C(=O)N3CCCC3)o2)n1. The summed E-state index contributed by atoms with van der Waals surface area (Å²) in [5, 5.41) is 0.709. The molecule has 4 rings (SSSR count). The van der Waals surface area contributed by atoms with Crippen LogP contribution in [0, 0.1) is 0 Å². The fourth-order valence-electron chi connectivity index (χ4n) is 3.64. The molecule has 1 amide bonds. The Hall–Kier alpha value is -2.06. The average molecular weight is 403 g/mol. The zero-order valence-electron chi connectivity index (χ0n) is 16.2. The Kier molecular flexibility index (Phi) is 6.17. The number of furan rings is 1. The molecule has 2 aromatic rings. The Morgan fingerprint density at radius 3 is 2.64 bits per heavy atom. The zero-order valence-corrected chi connectivity index (χ0v) is 17.0. The summed E-state index contributed by atoms with van der Waals surface area (Å²) in [4.78, 5) is 25.9. The molecule has 2 aliphatic heterocycles. The maximum absolute atomic E-state index is 12.4.